The van der Waals surface area contributed by atoms with E-state index >= 15 is 0 Å². The molecule has 0 spiro atoms. The Kier molecular flexibility index (Phi) is 2.14. The molecule has 0 aromatic carbocycles. The van der Waals surface area contributed by atoms with Crippen molar-refractivity contribution in [3.05, 3.63) is 17.0 Å². The highest BCUT2D eigenvalue weighted by Crippen LogP contribution is 2.35. The molecule has 0 bridgehead atoms. The van der Waals surface area contributed by atoms with Crippen LogP contribution in [0.1, 0.15) is 37.2 Å². The summed E-state index contributed by atoms with van der Waals surface area (Å²) < 4.78 is 1.83. The van der Waals surface area contributed by atoms with E-state index in [1.165, 1.54) is 17.7 Å². The number of nitrogens with zero attached hydrogens (tertiary/aromatic N) is 2. The third-order valence-electron chi connectivity index (χ3n) is 3.21. The van der Waals surface area contributed by atoms with Crippen molar-refractivity contribution in [3.63, 3.8) is 0 Å². The molecule has 0 aliphatic heterocycles. The van der Waals surface area contributed by atoms with Crippen LogP contribution in [0.3, 0.4) is 0 Å². The molecule has 0 saturated carbocycles. The Morgan fingerprint density at radius 3 is 2.86 bits per heavy atom. The maximum atomic E-state index is 9.23. The molecule has 1 aliphatic rings. The van der Waals surface area contributed by atoms with Crippen LogP contribution < -0.4 is 0 Å². The van der Waals surface area contributed by atoms with Crippen molar-refractivity contribution in [3.8, 4) is 0 Å². The van der Waals surface area contributed by atoms with E-state index in [9.17, 15) is 5.11 Å². The third-order valence-corrected chi connectivity index (χ3v) is 3.21. The maximum Gasteiger partial charge on any atom is 0.0852 e. The van der Waals surface area contributed by atoms with Gasteiger partial charge in [-0.05, 0) is 30.2 Å². The van der Waals surface area contributed by atoms with Gasteiger partial charge in [-0.2, -0.15) is 5.10 Å². The van der Waals surface area contributed by atoms with E-state index in [-0.39, 0.29) is 6.61 Å². The van der Waals surface area contributed by atoms with Gasteiger partial charge in [0.1, 0.15) is 0 Å². The van der Waals surface area contributed by atoms with Crippen LogP contribution in [0.4, 0.5) is 0 Å². The predicted octanol–water partition coefficient (Wildman–Crippen LogP) is 1.43. The van der Waals surface area contributed by atoms with E-state index in [2.05, 4.69) is 18.9 Å². The van der Waals surface area contributed by atoms with Crippen LogP contribution in [0.25, 0.3) is 0 Å². The summed E-state index contributed by atoms with van der Waals surface area (Å²) in [7, 11) is 1.91. The van der Waals surface area contributed by atoms with E-state index in [0.29, 0.717) is 5.41 Å². The number of hydrogen-bond donors (Lipinski definition) is 1. The van der Waals surface area contributed by atoms with Gasteiger partial charge in [0, 0.05) is 7.05 Å². The summed E-state index contributed by atoms with van der Waals surface area (Å²) in [6.45, 7) is 4.67. The fourth-order valence-corrected chi connectivity index (χ4v) is 2.30. The quantitative estimate of drug-likeness (QED) is 0.734. The second-order valence-electron chi connectivity index (χ2n) is 4.99. The smallest absolute Gasteiger partial charge is 0.0852 e. The average Bonchev–Trinajstić information content (AvgIpc) is 2.37. The van der Waals surface area contributed by atoms with E-state index in [1.807, 2.05) is 11.7 Å². The Balaban J connectivity index is 2.41. The molecule has 0 radical (unpaired) electrons. The first-order valence-corrected chi connectivity index (χ1v) is 5.18. The molecular weight excluding hydrogens is 176 g/mol. The molecule has 3 heteroatoms. The molecule has 3 nitrogen and oxygen atoms in total. The Bertz CT molecular complexity index is 352. The molecule has 78 valence electrons. The lowest BCUT2D eigenvalue weighted by Gasteiger charge is -2.28. The summed E-state index contributed by atoms with van der Waals surface area (Å²) in [4.78, 5) is 0. The van der Waals surface area contributed by atoms with Crippen LogP contribution in [0.2, 0.25) is 0 Å². The van der Waals surface area contributed by atoms with Gasteiger partial charge < -0.3 is 5.11 Å². The van der Waals surface area contributed by atoms with Crippen molar-refractivity contribution in [2.24, 2.45) is 12.5 Å². The van der Waals surface area contributed by atoms with E-state index in [1.54, 1.807) is 0 Å². The van der Waals surface area contributed by atoms with Crippen LogP contribution in [-0.4, -0.2) is 14.9 Å². The first-order chi connectivity index (χ1) is 6.53. The molecule has 0 fully saturated rings. The van der Waals surface area contributed by atoms with Gasteiger partial charge in [0.25, 0.3) is 0 Å². The fourth-order valence-electron chi connectivity index (χ4n) is 2.30. The number of hydrogen-bond acceptors (Lipinski definition) is 2. The van der Waals surface area contributed by atoms with Gasteiger partial charge in [-0.3, -0.25) is 4.68 Å². The molecule has 1 heterocycles. The molecule has 2 rings (SSSR count). The highest BCUT2D eigenvalue weighted by atomic mass is 16.3. The van der Waals surface area contributed by atoms with Gasteiger partial charge in [-0.25, -0.2) is 0 Å². The van der Waals surface area contributed by atoms with Crippen molar-refractivity contribution in [2.75, 3.05) is 0 Å². The number of aromatic nitrogens is 2. The van der Waals surface area contributed by atoms with Crippen LogP contribution >= 0.6 is 0 Å². The lowest BCUT2D eigenvalue weighted by molar-refractivity contribution is 0.267. The van der Waals surface area contributed by atoms with Crippen LogP contribution in [-0.2, 0) is 26.5 Å². The van der Waals surface area contributed by atoms with Crippen molar-refractivity contribution < 1.29 is 5.11 Å². The molecule has 0 saturated heterocycles. The largest absolute Gasteiger partial charge is 0.390 e. The Hall–Kier alpha value is -0.830. The van der Waals surface area contributed by atoms with Gasteiger partial charge in [0.15, 0.2) is 0 Å². The second-order valence-corrected chi connectivity index (χ2v) is 4.99. The Morgan fingerprint density at radius 1 is 1.50 bits per heavy atom. The lowest BCUT2D eigenvalue weighted by atomic mass is 9.76. The molecule has 1 aromatic rings. The maximum absolute atomic E-state index is 9.23. The minimum atomic E-state index is 0.110. The second kappa shape index (κ2) is 3.09. The lowest BCUT2D eigenvalue weighted by Crippen LogP contribution is -2.22. The number of rotatable bonds is 1. The zero-order valence-corrected chi connectivity index (χ0v) is 9.17. The minimum absolute atomic E-state index is 0.110. The molecule has 14 heavy (non-hydrogen) atoms. The Labute approximate surface area is 84.7 Å². The van der Waals surface area contributed by atoms with Crippen molar-refractivity contribution in [2.45, 2.75) is 39.7 Å². The molecule has 1 aliphatic carbocycles. The van der Waals surface area contributed by atoms with Crippen molar-refractivity contribution in [1.29, 1.82) is 0 Å². The van der Waals surface area contributed by atoms with Crippen molar-refractivity contribution >= 4 is 0 Å². The molecule has 0 amide bonds. The monoisotopic (exact) mass is 194 g/mol. The molecule has 1 aromatic heterocycles. The van der Waals surface area contributed by atoms with Gasteiger partial charge in [0.05, 0.1) is 18.0 Å². The summed E-state index contributed by atoms with van der Waals surface area (Å²) in [6.07, 6.45) is 3.29. The van der Waals surface area contributed by atoms with Crippen LogP contribution in [0, 0.1) is 5.41 Å². The molecule has 0 atom stereocenters. The van der Waals surface area contributed by atoms with Gasteiger partial charge in [0.2, 0.25) is 0 Å². The van der Waals surface area contributed by atoms with E-state index in [4.69, 9.17) is 0 Å². The van der Waals surface area contributed by atoms with E-state index < -0.39 is 0 Å². The topological polar surface area (TPSA) is 38.0 Å². The zero-order valence-electron chi connectivity index (χ0n) is 9.17. The first kappa shape index (κ1) is 9.71. The SMILES string of the molecule is Cn1nc2c(c1CO)CCC(C)(C)C2. The Morgan fingerprint density at radius 2 is 2.21 bits per heavy atom. The molecule has 1 N–H and O–H groups in total. The third kappa shape index (κ3) is 1.46. The highest BCUT2D eigenvalue weighted by Gasteiger charge is 2.29. The van der Waals surface area contributed by atoms with Crippen molar-refractivity contribution in [1.82, 2.24) is 9.78 Å². The number of aliphatic hydroxyl groups excluding tert-OH is 1. The molecular formula is C11H18N2O. The standard InChI is InChI=1S/C11H18N2O/c1-11(2)5-4-8-9(6-11)12-13(3)10(8)7-14/h14H,4-7H2,1-3H3. The van der Waals surface area contributed by atoms with Gasteiger partial charge in [-0.1, -0.05) is 13.8 Å². The normalized spacial score (nSPS) is 19.4. The minimum Gasteiger partial charge on any atom is -0.390 e. The average molecular weight is 194 g/mol. The summed E-state index contributed by atoms with van der Waals surface area (Å²) in [5, 5.41) is 13.7. The zero-order chi connectivity index (χ0) is 10.3. The first-order valence-electron chi connectivity index (χ1n) is 5.18. The summed E-state index contributed by atoms with van der Waals surface area (Å²) in [6, 6.07) is 0. The van der Waals surface area contributed by atoms with Gasteiger partial charge >= 0.3 is 0 Å². The van der Waals surface area contributed by atoms with E-state index in [0.717, 1.165) is 18.5 Å². The summed E-state index contributed by atoms with van der Waals surface area (Å²) >= 11 is 0. The van der Waals surface area contributed by atoms with Crippen LogP contribution in [0.5, 0.6) is 0 Å². The summed E-state index contributed by atoms with van der Waals surface area (Å²) in [5.74, 6) is 0. The van der Waals surface area contributed by atoms with Crippen LogP contribution in [0.15, 0.2) is 0 Å². The fraction of sp³-hybridized carbons (Fsp3) is 0.727. The number of fused-ring (bicyclic) bond motifs is 1. The van der Waals surface area contributed by atoms with Gasteiger partial charge in [-0.15, -0.1) is 0 Å². The predicted molar refractivity (Wildman–Crippen MR) is 54.9 cm³/mol. The number of aliphatic hydroxyl groups is 1. The molecule has 0 unspecified atom stereocenters. The number of aryl methyl sites for hydroxylation is 1. The highest BCUT2D eigenvalue weighted by molar-refractivity contribution is 5.29. The summed E-state index contributed by atoms with van der Waals surface area (Å²) in [5.41, 5.74) is 3.84.